The molecule has 0 bridgehead atoms. The smallest absolute Gasteiger partial charge is 0.332 e. The van der Waals surface area contributed by atoms with Crippen LogP contribution >= 0.6 is 0 Å². The normalized spacial score (nSPS) is 31.8. The third-order valence-corrected chi connectivity index (χ3v) is 3.95. The molecule has 1 heterocycles. The first kappa shape index (κ1) is 12.8. The average molecular weight is 243 g/mol. The van der Waals surface area contributed by atoms with E-state index in [-0.39, 0.29) is 18.2 Å². The number of hydrogen-bond acceptors (Lipinski definition) is 4. The molecule has 3 N–H and O–H groups in total. The van der Waals surface area contributed by atoms with Crippen molar-refractivity contribution in [1.82, 2.24) is 5.32 Å². The van der Waals surface area contributed by atoms with Crippen LogP contribution in [0.2, 0.25) is 0 Å². The molecular formula is C12H21NO4. The molecule has 2 rings (SSSR count). The van der Waals surface area contributed by atoms with Crippen LogP contribution in [0.4, 0.5) is 0 Å². The quantitative estimate of drug-likeness (QED) is 0.656. The summed E-state index contributed by atoms with van der Waals surface area (Å²) in [6, 6.07) is 0. The van der Waals surface area contributed by atoms with Crippen LogP contribution < -0.4 is 5.32 Å². The Morgan fingerprint density at radius 2 is 2.06 bits per heavy atom. The molecule has 2 atom stereocenters. The van der Waals surface area contributed by atoms with Crippen LogP contribution in [0.1, 0.15) is 38.5 Å². The second-order valence-electron chi connectivity index (χ2n) is 5.19. The maximum atomic E-state index is 10.7. The summed E-state index contributed by atoms with van der Waals surface area (Å²) in [7, 11) is 0. The summed E-state index contributed by atoms with van der Waals surface area (Å²) in [5.74, 6) is -0.870. The molecule has 0 radical (unpaired) electrons. The highest BCUT2D eigenvalue weighted by molar-refractivity contribution is 5.72. The highest BCUT2D eigenvalue weighted by atomic mass is 16.5. The van der Waals surface area contributed by atoms with Gasteiger partial charge in [0.1, 0.15) is 0 Å². The lowest BCUT2D eigenvalue weighted by Gasteiger charge is -2.29. The fourth-order valence-corrected chi connectivity index (χ4v) is 2.81. The van der Waals surface area contributed by atoms with E-state index in [1.807, 2.05) is 0 Å². The number of aliphatic carboxylic acids is 1. The number of aliphatic hydroxyl groups is 1. The number of hydrogen-bond donors (Lipinski definition) is 3. The van der Waals surface area contributed by atoms with Crippen LogP contribution in [-0.2, 0) is 9.53 Å². The molecule has 1 saturated carbocycles. The zero-order valence-electron chi connectivity index (χ0n) is 10.0. The molecule has 1 aliphatic heterocycles. The van der Waals surface area contributed by atoms with E-state index in [4.69, 9.17) is 9.84 Å². The van der Waals surface area contributed by atoms with Crippen LogP contribution in [0.5, 0.6) is 0 Å². The predicted molar refractivity (Wildman–Crippen MR) is 61.8 cm³/mol. The van der Waals surface area contributed by atoms with Crippen LogP contribution in [-0.4, -0.2) is 47.1 Å². The molecule has 0 amide bonds. The Hall–Kier alpha value is -0.650. The topological polar surface area (TPSA) is 78.8 Å². The van der Waals surface area contributed by atoms with Crippen molar-refractivity contribution in [2.45, 2.75) is 56.3 Å². The van der Waals surface area contributed by atoms with Crippen molar-refractivity contribution in [3.63, 3.8) is 0 Å². The second kappa shape index (κ2) is 5.33. The molecule has 0 aromatic carbocycles. The first-order chi connectivity index (χ1) is 8.15. The zero-order chi connectivity index (χ0) is 12.3. The molecule has 1 aliphatic carbocycles. The second-order valence-corrected chi connectivity index (χ2v) is 5.19. The van der Waals surface area contributed by atoms with Crippen LogP contribution in [0.15, 0.2) is 0 Å². The largest absolute Gasteiger partial charge is 0.479 e. The summed E-state index contributed by atoms with van der Waals surface area (Å²) in [6.45, 7) is 0.798. The molecule has 2 aliphatic rings. The van der Waals surface area contributed by atoms with Gasteiger partial charge in [-0.2, -0.15) is 0 Å². The van der Waals surface area contributed by atoms with E-state index in [1.54, 1.807) is 0 Å². The van der Waals surface area contributed by atoms with Crippen molar-refractivity contribution in [3.05, 3.63) is 0 Å². The standard InChI is InChI=1S/C12H21NO4/c14-8-12(5-1-2-6-12)13-7-9-3-4-10(17-9)11(15)16/h9-10,13-14H,1-8H2,(H,15,16). The average Bonchev–Trinajstić information content (AvgIpc) is 2.96. The van der Waals surface area contributed by atoms with E-state index in [2.05, 4.69) is 5.32 Å². The molecule has 0 spiro atoms. The van der Waals surface area contributed by atoms with Crippen LogP contribution in [0.3, 0.4) is 0 Å². The minimum atomic E-state index is -0.870. The van der Waals surface area contributed by atoms with E-state index in [9.17, 15) is 9.90 Å². The van der Waals surface area contributed by atoms with Crippen molar-refractivity contribution in [2.24, 2.45) is 0 Å². The van der Waals surface area contributed by atoms with E-state index in [1.165, 1.54) is 0 Å². The summed E-state index contributed by atoms with van der Waals surface area (Å²) in [5.41, 5.74) is -0.148. The van der Waals surface area contributed by atoms with Gasteiger partial charge in [-0.05, 0) is 25.7 Å². The molecule has 2 unspecified atom stereocenters. The summed E-state index contributed by atoms with van der Waals surface area (Å²) < 4.78 is 5.43. The van der Waals surface area contributed by atoms with Crippen molar-refractivity contribution < 1.29 is 19.7 Å². The number of carboxylic acids is 1. The highest BCUT2D eigenvalue weighted by Crippen LogP contribution is 2.29. The first-order valence-corrected chi connectivity index (χ1v) is 6.39. The Bertz CT molecular complexity index is 276. The van der Waals surface area contributed by atoms with Crippen molar-refractivity contribution in [1.29, 1.82) is 0 Å². The predicted octanol–water partition coefficient (Wildman–Crippen LogP) is 0.513. The Morgan fingerprint density at radius 3 is 2.59 bits per heavy atom. The number of carbonyl (C=O) groups is 1. The summed E-state index contributed by atoms with van der Waals surface area (Å²) in [5, 5.41) is 21.6. The van der Waals surface area contributed by atoms with Crippen molar-refractivity contribution in [2.75, 3.05) is 13.2 Å². The van der Waals surface area contributed by atoms with Crippen molar-refractivity contribution >= 4 is 5.97 Å². The van der Waals surface area contributed by atoms with E-state index < -0.39 is 12.1 Å². The first-order valence-electron chi connectivity index (χ1n) is 6.39. The third-order valence-electron chi connectivity index (χ3n) is 3.95. The van der Waals surface area contributed by atoms with Gasteiger partial charge in [-0.1, -0.05) is 12.8 Å². The van der Waals surface area contributed by atoms with Gasteiger partial charge >= 0.3 is 5.97 Å². The monoisotopic (exact) mass is 243 g/mol. The Morgan fingerprint density at radius 1 is 1.35 bits per heavy atom. The fraction of sp³-hybridized carbons (Fsp3) is 0.917. The van der Waals surface area contributed by atoms with E-state index in [0.717, 1.165) is 32.1 Å². The van der Waals surface area contributed by atoms with Gasteiger partial charge in [-0.3, -0.25) is 0 Å². The zero-order valence-corrected chi connectivity index (χ0v) is 10.0. The molecule has 98 valence electrons. The molecule has 5 heteroatoms. The Balaban J connectivity index is 1.77. The maximum Gasteiger partial charge on any atom is 0.332 e. The van der Waals surface area contributed by atoms with Gasteiger partial charge in [0.25, 0.3) is 0 Å². The molecule has 5 nitrogen and oxygen atoms in total. The van der Waals surface area contributed by atoms with Gasteiger partial charge in [0, 0.05) is 12.1 Å². The van der Waals surface area contributed by atoms with Gasteiger partial charge in [-0.25, -0.2) is 4.79 Å². The molecular weight excluding hydrogens is 222 g/mol. The van der Waals surface area contributed by atoms with Gasteiger partial charge in [0.05, 0.1) is 12.7 Å². The lowest BCUT2D eigenvalue weighted by Crippen LogP contribution is -2.49. The summed E-state index contributed by atoms with van der Waals surface area (Å²) in [6.07, 6.45) is 5.00. The minimum absolute atomic E-state index is 0.0277. The van der Waals surface area contributed by atoms with Crippen LogP contribution in [0, 0.1) is 0 Å². The van der Waals surface area contributed by atoms with Crippen molar-refractivity contribution in [3.8, 4) is 0 Å². The van der Waals surface area contributed by atoms with Gasteiger partial charge in [-0.15, -0.1) is 0 Å². The molecule has 0 aromatic rings. The molecule has 1 saturated heterocycles. The lowest BCUT2D eigenvalue weighted by atomic mass is 9.98. The number of carboxylic acid groups (broad SMARTS) is 1. The third kappa shape index (κ3) is 2.97. The maximum absolute atomic E-state index is 10.7. The van der Waals surface area contributed by atoms with E-state index >= 15 is 0 Å². The van der Waals surface area contributed by atoms with Gasteiger partial charge < -0.3 is 20.3 Å². The minimum Gasteiger partial charge on any atom is -0.479 e. The van der Waals surface area contributed by atoms with Gasteiger partial charge in [0.15, 0.2) is 6.10 Å². The van der Waals surface area contributed by atoms with Crippen LogP contribution in [0.25, 0.3) is 0 Å². The number of aliphatic hydroxyl groups excluding tert-OH is 1. The molecule has 17 heavy (non-hydrogen) atoms. The molecule has 2 fully saturated rings. The number of rotatable bonds is 5. The number of nitrogens with one attached hydrogen (secondary N) is 1. The van der Waals surface area contributed by atoms with E-state index in [0.29, 0.717) is 13.0 Å². The molecule has 0 aromatic heterocycles. The Labute approximate surface area is 101 Å². The number of ether oxygens (including phenoxy) is 1. The highest BCUT2D eigenvalue weighted by Gasteiger charge is 2.35. The lowest BCUT2D eigenvalue weighted by molar-refractivity contribution is -0.149. The fourth-order valence-electron chi connectivity index (χ4n) is 2.81. The summed E-state index contributed by atoms with van der Waals surface area (Å²) >= 11 is 0. The summed E-state index contributed by atoms with van der Waals surface area (Å²) in [4.78, 5) is 10.7. The SMILES string of the molecule is O=C(O)C1CCC(CNC2(CO)CCCC2)O1. The Kier molecular flexibility index (Phi) is 4.01. The van der Waals surface area contributed by atoms with Gasteiger partial charge in [0.2, 0.25) is 0 Å².